The van der Waals surface area contributed by atoms with E-state index in [0.29, 0.717) is 6.04 Å². The van der Waals surface area contributed by atoms with Gasteiger partial charge in [0.2, 0.25) is 0 Å². The second kappa shape index (κ2) is 6.38. The summed E-state index contributed by atoms with van der Waals surface area (Å²) in [5.74, 6) is 0.841. The van der Waals surface area contributed by atoms with Crippen molar-refractivity contribution in [1.82, 2.24) is 15.5 Å². The second-order valence-electron chi connectivity index (χ2n) is 4.78. The molecule has 0 aromatic carbocycles. The van der Waals surface area contributed by atoms with Gasteiger partial charge in [0, 0.05) is 12.6 Å². The summed E-state index contributed by atoms with van der Waals surface area (Å²) >= 11 is 0. The lowest BCUT2D eigenvalue weighted by molar-refractivity contribution is 0.310. The van der Waals surface area contributed by atoms with E-state index >= 15 is 0 Å². The fourth-order valence-electron chi connectivity index (χ4n) is 2.08. The second-order valence-corrected chi connectivity index (χ2v) is 4.78. The van der Waals surface area contributed by atoms with Crippen molar-refractivity contribution in [3.05, 3.63) is 0 Å². The number of piperidine rings is 1. The van der Waals surface area contributed by atoms with Gasteiger partial charge in [-0.15, -0.1) is 0 Å². The first-order chi connectivity index (χ1) is 6.68. The van der Waals surface area contributed by atoms with Crippen LogP contribution in [0.2, 0.25) is 0 Å². The maximum absolute atomic E-state index is 3.60. The molecule has 0 radical (unpaired) electrons. The van der Waals surface area contributed by atoms with Crippen LogP contribution in [-0.4, -0.2) is 51.2 Å². The zero-order chi connectivity index (χ0) is 10.4. The highest BCUT2D eigenvalue weighted by Gasteiger charge is 2.13. The molecule has 0 amide bonds. The standard InChI is InChI=1S/C11H25N3/c1-10(9-14(2)3)13-8-11-5-4-6-12-7-11/h10-13H,4-9H2,1-3H3. The van der Waals surface area contributed by atoms with Crippen LogP contribution in [0.3, 0.4) is 0 Å². The topological polar surface area (TPSA) is 27.3 Å². The minimum atomic E-state index is 0.604. The molecular weight excluding hydrogens is 174 g/mol. The number of hydrogen-bond acceptors (Lipinski definition) is 3. The van der Waals surface area contributed by atoms with E-state index < -0.39 is 0 Å². The highest BCUT2D eigenvalue weighted by Crippen LogP contribution is 2.08. The summed E-state index contributed by atoms with van der Waals surface area (Å²) in [6, 6.07) is 0.604. The van der Waals surface area contributed by atoms with Crippen LogP contribution in [0.1, 0.15) is 19.8 Å². The Morgan fingerprint density at radius 1 is 1.50 bits per heavy atom. The molecule has 1 fully saturated rings. The van der Waals surface area contributed by atoms with Crippen LogP contribution in [0.15, 0.2) is 0 Å². The maximum atomic E-state index is 3.60. The van der Waals surface area contributed by atoms with Gasteiger partial charge in [-0.1, -0.05) is 0 Å². The minimum absolute atomic E-state index is 0.604. The molecule has 3 heteroatoms. The molecule has 0 spiro atoms. The van der Waals surface area contributed by atoms with Crippen LogP contribution in [0, 0.1) is 5.92 Å². The lowest BCUT2D eigenvalue weighted by atomic mass is 9.99. The van der Waals surface area contributed by atoms with Gasteiger partial charge in [0.25, 0.3) is 0 Å². The predicted molar refractivity (Wildman–Crippen MR) is 61.6 cm³/mol. The Morgan fingerprint density at radius 3 is 2.86 bits per heavy atom. The molecule has 1 saturated heterocycles. The van der Waals surface area contributed by atoms with E-state index in [1.54, 1.807) is 0 Å². The van der Waals surface area contributed by atoms with Gasteiger partial charge >= 0.3 is 0 Å². The maximum Gasteiger partial charge on any atom is 0.0166 e. The summed E-state index contributed by atoms with van der Waals surface area (Å²) in [5, 5.41) is 7.05. The van der Waals surface area contributed by atoms with E-state index in [1.807, 2.05) is 0 Å². The van der Waals surface area contributed by atoms with Crippen LogP contribution < -0.4 is 10.6 Å². The van der Waals surface area contributed by atoms with Gasteiger partial charge in [0.05, 0.1) is 0 Å². The summed E-state index contributed by atoms with van der Waals surface area (Å²) in [7, 11) is 4.25. The molecule has 14 heavy (non-hydrogen) atoms. The molecule has 1 rings (SSSR count). The lowest BCUT2D eigenvalue weighted by Gasteiger charge is -2.25. The Kier molecular flexibility index (Phi) is 5.45. The van der Waals surface area contributed by atoms with Gasteiger partial charge in [-0.05, 0) is 59.4 Å². The molecule has 3 nitrogen and oxygen atoms in total. The molecule has 0 saturated carbocycles. The van der Waals surface area contributed by atoms with Crippen LogP contribution >= 0.6 is 0 Å². The van der Waals surface area contributed by atoms with E-state index in [-0.39, 0.29) is 0 Å². The molecule has 2 N–H and O–H groups in total. The van der Waals surface area contributed by atoms with Crippen LogP contribution in [0.25, 0.3) is 0 Å². The fraction of sp³-hybridized carbons (Fsp3) is 1.00. The third-order valence-electron chi connectivity index (χ3n) is 2.79. The first-order valence-electron chi connectivity index (χ1n) is 5.77. The first kappa shape index (κ1) is 12.0. The Balaban J connectivity index is 2.06. The van der Waals surface area contributed by atoms with E-state index in [4.69, 9.17) is 0 Å². The van der Waals surface area contributed by atoms with Crippen LogP contribution in [0.4, 0.5) is 0 Å². The molecule has 0 aromatic rings. The van der Waals surface area contributed by atoms with Crippen molar-refractivity contribution in [3.8, 4) is 0 Å². The normalized spacial score (nSPS) is 25.3. The molecule has 0 aliphatic carbocycles. The summed E-state index contributed by atoms with van der Waals surface area (Å²) in [4.78, 5) is 2.23. The Morgan fingerprint density at radius 2 is 2.29 bits per heavy atom. The summed E-state index contributed by atoms with van der Waals surface area (Å²) in [6.07, 6.45) is 2.73. The fourth-order valence-corrected chi connectivity index (χ4v) is 2.08. The highest BCUT2D eigenvalue weighted by molar-refractivity contribution is 4.73. The molecular formula is C11H25N3. The van der Waals surface area contributed by atoms with Gasteiger partial charge in [-0.3, -0.25) is 0 Å². The smallest absolute Gasteiger partial charge is 0.0166 e. The molecule has 2 unspecified atom stereocenters. The van der Waals surface area contributed by atoms with Crippen molar-refractivity contribution < 1.29 is 0 Å². The van der Waals surface area contributed by atoms with Crippen molar-refractivity contribution in [2.24, 2.45) is 5.92 Å². The van der Waals surface area contributed by atoms with E-state index in [1.165, 1.54) is 32.5 Å². The van der Waals surface area contributed by atoms with Gasteiger partial charge < -0.3 is 15.5 Å². The highest BCUT2D eigenvalue weighted by atomic mass is 15.1. The van der Waals surface area contributed by atoms with Gasteiger partial charge in [-0.2, -0.15) is 0 Å². The van der Waals surface area contributed by atoms with Crippen LogP contribution in [0.5, 0.6) is 0 Å². The molecule has 1 aliphatic heterocycles. The quantitative estimate of drug-likeness (QED) is 0.676. The molecule has 2 atom stereocenters. The summed E-state index contributed by atoms with van der Waals surface area (Å²) in [6.45, 7) is 6.96. The zero-order valence-electron chi connectivity index (χ0n) is 9.84. The number of rotatable bonds is 5. The lowest BCUT2D eigenvalue weighted by Crippen LogP contribution is -2.42. The van der Waals surface area contributed by atoms with E-state index in [9.17, 15) is 0 Å². The summed E-state index contributed by atoms with van der Waals surface area (Å²) in [5.41, 5.74) is 0. The number of nitrogens with one attached hydrogen (secondary N) is 2. The largest absolute Gasteiger partial charge is 0.316 e. The average molecular weight is 199 g/mol. The van der Waals surface area contributed by atoms with Crippen molar-refractivity contribution in [1.29, 1.82) is 0 Å². The predicted octanol–water partition coefficient (Wildman–Crippen LogP) is 0.526. The third kappa shape index (κ3) is 4.94. The Bertz CT molecular complexity index is 141. The van der Waals surface area contributed by atoms with Gasteiger partial charge in [0.1, 0.15) is 0 Å². The zero-order valence-corrected chi connectivity index (χ0v) is 9.84. The van der Waals surface area contributed by atoms with Crippen LogP contribution in [-0.2, 0) is 0 Å². The third-order valence-corrected chi connectivity index (χ3v) is 2.79. The van der Waals surface area contributed by atoms with Crippen molar-refractivity contribution in [2.75, 3.05) is 40.3 Å². The van der Waals surface area contributed by atoms with E-state index in [2.05, 4.69) is 36.6 Å². The van der Waals surface area contributed by atoms with E-state index in [0.717, 1.165) is 12.5 Å². The minimum Gasteiger partial charge on any atom is -0.316 e. The van der Waals surface area contributed by atoms with Crippen molar-refractivity contribution >= 4 is 0 Å². The monoisotopic (exact) mass is 199 g/mol. The molecule has 0 aromatic heterocycles. The molecule has 0 bridgehead atoms. The molecule has 84 valence electrons. The first-order valence-corrected chi connectivity index (χ1v) is 5.77. The number of hydrogen-bond donors (Lipinski definition) is 2. The molecule has 1 heterocycles. The van der Waals surface area contributed by atoms with Crippen molar-refractivity contribution in [3.63, 3.8) is 0 Å². The summed E-state index contributed by atoms with van der Waals surface area (Å²) < 4.78 is 0. The Hall–Kier alpha value is -0.120. The molecule has 1 aliphatic rings. The average Bonchev–Trinajstić information content (AvgIpc) is 2.15. The number of likely N-dealkylation sites (N-methyl/N-ethyl adjacent to an activating group) is 1. The van der Waals surface area contributed by atoms with Gasteiger partial charge in [0.15, 0.2) is 0 Å². The van der Waals surface area contributed by atoms with Gasteiger partial charge in [-0.25, -0.2) is 0 Å². The number of nitrogens with zero attached hydrogens (tertiary/aromatic N) is 1. The Labute approximate surface area is 88.2 Å². The SMILES string of the molecule is CC(CN(C)C)NCC1CCCNC1. The van der Waals surface area contributed by atoms with Crippen molar-refractivity contribution in [2.45, 2.75) is 25.8 Å².